The molecule has 0 bridgehead atoms. The van der Waals surface area contributed by atoms with E-state index in [2.05, 4.69) is 65.0 Å². The van der Waals surface area contributed by atoms with Crippen LogP contribution in [0.4, 0.5) is 0 Å². The first-order valence-corrected chi connectivity index (χ1v) is 11.1. The number of pyridine rings is 1. The molecule has 1 saturated heterocycles. The topological polar surface area (TPSA) is 48.8 Å². The van der Waals surface area contributed by atoms with Crippen LogP contribution in [0.1, 0.15) is 28.7 Å². The number of methoxy groups -OCH3 is 1. The Morgan fingerprint density at radius 3 is 2.71 bits per heavy atom. The van der Waals surface area contributed by atoms with Crippen LogP contribution in [0, 0.1) is 13.8 Å². The molecule has 5 heteroatoms. The average Bonchev–Trinajstić information content (AvgIpc) is 2.79. The van der Waals surface area contributed by atoms with Crippen molar-refractivity contribution in [2.75, 3.05) is 33.4 Å². The van der Waals surface area contributed by atoms with Gasteiger partial charge in [0.25, 0.3) is 0 Å². The van der Waals surface area contributed by atoms with Crippen molar-refractivity contribution < 1.29 is 9.84 Å². The molecule has 0 aliphatic carbocycles. The summed E-state index contributed by atoms with van der Waals surface area (Å²) in [5.41, 5.74) is 5.20. The van der Waals surface area contributed by atoms with Crippen LogP contribution in [0.15, 0.2) is 48.8 Å². The summed E-state index contributed by atoms with van der Waals surface area (Å²) in [7, 11) is 1.73. The average molecular weight is 420 g/mol. The summed E-state index contributed by atoms with van der Waals surface area (Å²) in [6.07, 6.45) is 4.60. The Morgan fingerprint density at radius 1 is 1.03 bits per heavy atom. The van der Waals surface area contributed by atoms with Gasteiger partial charge in [-0.3, -0.25) is 14.8 Å². The maximum absolute atomic E-state index is 9.72. The van der Waals surface area contributed by atoms with E-state index in [4.69, 9.17) is 4.74 Å². The minimum Gasteiger partial charge on any atom is -0.496 e. The van der Waals surface area contributed by atoms with Crippen LogP contribution in [-0.4, -0.2) is 59.3 Å². The van der Waals surface area contributed by atoms with Gasteiger partial charge in [-0.25, -0.2) is 0 Å². The van der Waals surface area contributed by atoms with Gasteiger partial charge in [0, 0.05) is 63.2 Å². The molecule has 1 fully saturated rings. The molecule has 0 radical (unpaired) electrons. The van der Waals surface area contributed by atoms with Crippen LogP contribution in [0.3, 0.4) is 0 Å². The van der Waals surface area contributed by atoms with Gasteiger partial charge in [-0.05, 0) is 60.0 Å². The summed E-state index contributed by atoms with van der Waals surface area (Å²) < 4.78 is 5.47. The Kier molecular flexibility index (Phi) is 6.86. The van der Waals surface area contributed by atoms with E-state index in [1.54, 1.807) is 7.11 Å². The van der Waals surface area contributed by atoms with Crippen molar-refractivity contribution in [3.05, 3.63) is 71.0 Å². The van der Waals surface area contributed by atoms with Crippen LogP contribution in [0.5, 0.6) is 5.75 Å². The first kappa shape index (κ1) is 21.8. The Balaban J connectivity index is 1.48. The standard InChI is InChI=1S/C26H33N3O2/c1-19-20(2)26(31-3)8-7-22(19)17-29-13-12-28(18-24(29)10-14-30)16-23-6-4-5-21-15-27-11-9-25(21)23/h4-9,11,15,24,30H,10,12-14,16-18H2,1-3H3/t24-/m0/s1. The zero-order chi connectivity index (χ0) is 21.8. The van der Waals surface area contributed by atoms with Crippen LogP contribution in [-0.2, 0) is 13.1 Å². The highest BCUT2D eigenvalue weighted by Gasteiger charge is 2.27. The number of piperazine rings is 1. The zero-order valence-corrected chi connectivity index (χ0v) is 18.8. The van der Waals surface area contributed by atoms with E-state index < -0.39 is 0 Å². The van der Waals surface area contributed by atoms with Crippen molar-refractivity contribution in [2.24, 2.45) is 0 Å². The maximum atomic E-state index is 9.72. The fourth-order valence-corrected chi connectivity index (χ4v) is 4.76. The van der Waals surface area contributed by atoms with Crippen LogP contribution in [0.25, 0.3) is 10.8 Å². The molecule has 0 saturated carbocycles. The quantitative estimate of drug-likeness (QED) is 0.629. The molecular formula is C26H33N3O2. The van der Waals surface area contributed by atoms with Crippen LogP contribution < -0.4 is 4.74 Å². The van der Waals surface area contributed by atoms with Crippen molar-refractivity contribution in [2.45, 2.75) is 39.4 Å². The van der Waals surface area contributed by atoms with Crippen LogP contribution in [0.2, 0.25) is 0 Å². The van der Waals surface area contributed by atoms with Gasteiger partial charge in [-0.15, -0.1) is 0 Å². The number of nitrogens with zero attached hydrogens (tertiary/aromatic N) is 3. The summed E-state index contributed by atoms with van der Waals surface area (Å²) in [6.45, 7) is 9.36. The van der Waals surface area contributed by atoms with Gasteiger partial charge >= 0.3 is 0 Å². The molecule has 2 aromatic carbocycles. The summed E-state index contributed by atoms with van der Waals surface area (Å²) >= 11 is 0. The molecule has 1 aliphatic heterocycles. The maximum Gasteiger partial charge on any atom is 0.122 e. The third kappa shape index (κ3) is 4.74. The molecule has 1 atom stereocenters. The highest BCUT2D eigenvalue weighted by atomic mass is 16.5. The molecule has 3 aromatic rings. The van der Waals surface area contributed by atoms with Gasteiger partial charge < -0.3 is 9.84 Å². The summed E-state index contributed by atoms with van der Waals surface area (Å²) in [6, 6.07) is 13.2. The number of aliphatic hydroxyl groups excluding tert-OH is 1. The number of benzene rings is 2. The molecule has 1 N–H and O–H groups in total. The lowest BCUT2D eigenvalue weighted by Crippen LogP contribution is -2.52. The van der Waals surface area contributed by atoms with E-state index in [9.17, 15) is 5.11 Å². The molecule has 5 nitrogen and oxygen atoms in total. The van der Waals surface area contributed by atoms with Crippen molar-refractivity contribution >= 4 is 10.8 Å². The lowest BCUT2D eigenvalue weighted by atomic mass is 9.99. The second-order valence-corrected chi connectivity index (χ2v) is 8.56. The van der Waals surface area contributed by atoms with E-state index in [-0.39, 0.29) is 6.61 Å². The molecule has 0 unspecified atom stereocenters. The monoisotopic (exact) mass is 419 g/mol. The number of aliphatic hydroxyl groups is 1. The lowest BCUT2D eigenvalue weighted by Gasteiger charge is -2.42. The molecule has 1 aliphatic rings. The number of ether oxygens (including phenoxy) is 1. The molecule has 31 heavy (non-hydrogen) atoms. The predicted octanol–water partition coefficient (Wildman–Crippen LogP) is 3.93. The minimum atomic E-state index is 0.218. The summed E-state index contributed by atoms with van der Waals surface area (Å²) in [5.74, 6) is 0.947. The van der Waals surface area contributed by atoms with E-state index in [0.717, 1.165) is 44.9 Å². The largest absolute Gasteiger partial charge is 0.496 e. The van der Waals surface area contributed by atoms with Gasteiger partial charge in [0.15, 0.2) is 0 Å². The normalized spacial score (nSPS) is 17.9. The molecule has 1 aromatic heterocycles. The third-order valence-electron chi connectivity index (χ3n) is 6.76. The number of rotatable bonds is 7. The highest BCUT2D eigenvalue weighted by molar-refractivity contribution is 5.84. The van der Waals surface area contributed by atoms with Crippen LogP contribution >= 0.6 is 0 Å². The fraction of sp³-hybridized carbons (Fsp3) is 0.423. The van der Waals surface area contributed by atoms with Crippen molar-refractivity contribution in [3.8, 4) is 5.75 Å². The van der Waals surface area contributed by atoms with Gasteiger partial charge in [-0.1, -0.05) is 24.3 Å². The number of hydrogen-bond donors (Lipinski definition) is 1. The number of fused-ring (bicyclic) bond motifs is 1. The van der Waals surface area contributed by atoms with E-state index in [0.29, 0.717) is 6.04 Å². The fourth-order valence-electron chi connectivity index (χ4n) is 4.76. The molecule has 164 valence electrons. The summed E-state index contributed by atoms with van der Waals surface area (Å²) in [5, 5.41) is 12.2. The van der Waals surface area contributed by atoms with Crippen molar-refractivity contribution in [3.63, 3.8) is 0 Å². The molecule has 0 amide bonds. The Bertz CT molecular complexity index is 1030. The molecule has 2 heterocycles. The second kappa shape index (κ2) is 9.77. The first-order valence-electron chi connectivity index (χ1n) is 11.1. The van der Waals surface area contributed by atoms with Gasteiger partial charge in [-0.2, -0.15) is 0 Å². The molecule has 4 rings (SSSR count). The lowest BCUT2D eigenvalue weighted by molar-refractivity contribution is 0.0500. The van der Waals surface area contributed by atoms with Crippen molar-refractivity contribution in [1.29, 1.82) is 0 Å². The van der Waals surface area contributed by atoms with E-state index in [1.165, 1.54) is 33.0 Å². The van der Waals surface area contributed by atoms with Crippen molar-refractivity contribution in [1.82, 2.24) is 14.8 Å². The van der Waals surface area contributed by atoms with Gasteiger partial charge in [0.05, 0.1) is 7.11 Å². The first-order chi connectivity index (χ1) is 15.1. The third-order valence-corrected chi connectivity index (χ3v) is 6.76. The summed E-state index contributed by atoms with van der Waals surface area (Å²) in [4.78, 5) is 9.32. The SMILES string of the molecule is COc1ccc(CN2CCN(Cc3cccc4cnccc34)C[C@@H]2CCO)c(C)c1C. The number of aromatic nitrogens is 1. The smallest absolute Gasteiger partial charge is 0.122 e. The second-order valence-electron chi connectivity index (χ2n) is 8.56. The molecular weight excluding hydrogens is 386 g/mol. The number of hydrogen-bond acceptors (Lipinski definition) is 5. The Labute approximate surface area is 185 Å². The predicted molar refractivity (Wildman–Crippen MR) is 125 cm³/mol. The Morgan fingerprint density at radius 2 is 1.90 bits per heavy atom. The highest BCUT2D eigenvalue weighted by Crippen LogP contribution is 2.27. The minimum absolute atomic E-state index is 0.218. The zero-order valence-electron chi connectivity index (χ0n) is 18.8. The van der Waals surface area contributed by atoms with E-state index in [1.807, 2.05) is 12.4 Å². The Hall–Kier alpha value is -2.47. The molecule has 0 spiro atoms. The van der Waals surface area contributed by atoms with Gasteiger partial charge in [0.1, 0.15) is 5.75 Å². The van der Waals surface area contributed by atoms with Gasteiger partial charge in [0.2, 0.25) is 0 Å². The van der Waals surface area contributed by atoms with E-state index >= 15 is 0 Å².